The predicted octanol–water partition coefficient (Wildman–Crippen LogP) is 7.38. The van der Waals surface area contributed by atoms with Gasteiger partial charge in [-0.3, -0.25) is 19.2 Å². The normalized spacial score (nSPS) is 12.4. The molecule has 0 aliphatic carbocycles. The maximum absolute atomic E-state index is 14.0. The molecule has 0 atom stereocenters. The Kier molecular flexibility index (Phi) is 11.1. The number of halogens is 4. The standard InChI is InChI=1S/C36H37ClF3N3O7/c1-33(2,3)49-31(46)35(32(47)50-34(4,5)6,16-17-43-30(45)27-19-24(36(38,39)40)12-15-28(27)41-42-43)20-29(44)23-10-13-26(14-11-23)48-21-22-8-7-9-25(37)18-22/h7-15,18-19H,16-17,20-21H2,1-6H3. The average Bonchev–Trinajstić information content (AvgIpc) is 3.00. The fraction of sp³-hybridized carbons (Fsp3) is 0.389. The monoisotopic (exact) mass is 715 g/mol. The molecule has 0 aliphatic heterocycles. The van der Waals surface area contributed by atoms with Crippen molar-refractivity contribution in [3.63, 3.8) is 0 Å². The van der Waals surface area contributed by atoms with Crippen molar-refractivity contribution in [3.05, 3.63) is 98.8 Å². The first-order valence-corrected chi connectivity index (χ1v) is 16.0. The van der Waals surface area contributed by atoms with Crippen LogP contribution in [-0.2, 0) is 38.4 Å². The lowest BCUT2D eigenvalue weighted by Crippen LogP contribution is -2.49. The Morgan fingerprint density at radius 1 is 0.840 bits per heavy atom. The highest BCUT2D eigenvalue weighted by Crippen LogP contribution is 2.36. The summed E-state index contributed by atoms with van der Waals surface area (Å²) >= 11 is 6.04. The quantitative estimate of drug-likeness (QED) is 0.0888. The molecule has 0 unspecified atom stereocenters. The molecule has 4 aromatic rings. The van der Waals surface area contributed by atoms with E-state index in [1.165, 1.54) is 12.1 Å². The van der Waals surface area contributed by atoms with E-state index in [1.807, 2.05) is 6.07 Å². The van der Waals surface area contributed by atoms with Crippen LogP contribution in [0.4, 0.5) is 13.2 Å². The van der Waals surface area contributed by atoms with Gasteiger partial charge in [-0.1, -0.05) is 28.9 Å². The van der Waals surface area contributed by atoms with Gasteiger partial charge in [0.05, 0.1) is 10.9 Å². The molecule has 0 amide bonds. The maximum Gasteiger partial charge on any atom is 0.416 e. The van der Waals surface area contributed by atoms with Gasteiger partial charge in [0.15, 0.2) is 11.2 Å². The zero-order valence-corrected chi connectivity index (χ0v) is 29.1. The fourth-order valence-corrected chi connectivity index (χ4v) is 5.09. The van der Waals surface area contributed by atoms with E-state index in [-0.39, 0.29) is 23.1 Å². The Morgan fingerprint density at radius 3 is 2.02 bits per heavy atom. The van der Waals surface area contributed by atoms with Crippen LogP contribution in [0.25, 0.3) is 10.9 Å². The minimum Gasteiger partial charge on any atom is -0.489 e. The number of alkyl halides is 3. The van der Waals surface area contributed by atoms with Crippen LogP contribution in [0.2, 0.25) is 5.02 Å². The maximum atomic E-state index is 14.0. The van der Waals surface area contributed by atoms with Gasteiger partial charge in [0.1, 0.15) is 29.1 Å². The number of esters is 2. The van der Waals surface area contributed by atoms with Crippen LogP contribution in [0.15, 0.2) is 71.5 Å². The highest BCUT2D eigenvalue weighted by Gasteiger charge is 2.52. The molecule has 10 nitrogen and oxygen atoms in total. The van der Waals surface area contributed by atoms with E-state index in [4.69, 9.17) is 25.8 Å². The van der Waals surface area contributed by atoms with Gasteiger partial charge >= 0.3 is 18.1 Å². The summed E-state index contributed by atoms with van der Waals surface area (Å²) in [6.45, 7) is 9.16. The third kappa shape index (κ3) is 9.68. The van der Waals surface area contributed by atoms with Crippen molar-refractivity contribution in [1.82, 2.24) is 15.0 Å². The third-order valence-corrected chi connectivity index (χ3v) is 7.55. The molecule has 3 aromatic carbocycles. The van der Waals surface area contributed by atoms with Gasteiger partial charge in [-0.2, -0.15) is 13.2 Å². The fourth-order valence-electron chi connectivity index (χ4n) is 4.87. The van der Waals surface area contributed by atoms with Crippen molar-refractivity contribution >= 4 is 40.2 Å². The van der Waals surface area contributed by atoms with E-state index in [0.717, 1.165) is 22.4 Å². The molecule has 0 aliphatic rings. The van der Waals surface area contributed by atoms with Crippen LogP contribution in [0.3, 0.4) is 0 Å². The number of Topliss-reactive ketones (excluding diaryl/α,β-unsaturated/α-hetero) is 1. The van der Waals surface area contributed by atoms with Crippen LogP contribution >= 0.6 is 11.6 Å². The van der Waals surface area contributed by atoms with Crippen LogP contribution < -0.4 is 10.3 Å². The van der Waals surface area contributed by atoms with E-state index in [2.05, 4.69) is 10.3 Å². The Bertz CT molecular complexity index is 1920. The number of hydrogen-bond acceptors (Lipinski definition) is 9. The highest BCUT2D eigenvalue weighted by molar-refractivity contribution is 6.30. The zero-order chi connectivity index (χ0) is 37.1. The molecule has 14 heteroatoms. The Labute approximate surface area is 291 Å². The first-order chi connectivity index (χ1) is 23.2. The molecule has 266 valence electrons. The lowest BCUT2D eigenvalue weighted by atomic mass is 9.78. The molecule has 0 saturated heterocycles. The van der Waals surface area contributed by atoms with Crippen molar-refractivity contribution in [2.45, 2.75) is 84.9 Å². The molecular weight excluding hydrogens is 679 g/mol. The van der Waals surface area contributed by atoms with Gasteiger partial charge < -0.3 is 14.2 Å². The Morgan fingerprint density at radius 2 is 1.46 bits per heavy atom. The van der Waals surface area contributed by atoms with Crippen molar-refractivity contribution in [2.75, 3.05) is 0 Å². The number of aromatic nitrogens is 3. The largest absolute Gasteiger partial charge is 0.489 e. The van der Waals surface area contributed by atoms with Crippen LogP contribution in [0.5, 0.6) is 5.75 Å². The minimum atomic E-state index is -4.72. The number of fused-ring (bicyclic) bond motifs is 1. The number of benzene rings is 3. The number of nitrogens with zero attached hydrogens (tertiary/aromatic N) is 3. The van der Waals surface area contributed by atoms with Gasteiger partial charge in [-0.05, 0) is 108 Å². The zero-order valence-electron chi connectivity index (χ0n) is 28.4. The molecule has 0 N–H and O–H groups in total. The summed E-state index contributed by atoms with van der Waals surface area (Å²) in [5.74, 6) is -2.37. The smallest absolute Gasteiger partial charge is 0.416 e. The van der Waals surface area contributed by atoms with Gasteiger partial charge in [0.2, 0.25) is 0 Å². The SMILES string of the molecule is CC(C)(C)OC(=O)C(CCn1nnc2ccc(C(F)(F)F)cc2c1=O)(CC(=O)c1ccc(OCc2cccc(Cl)c2)cc1)C(=O)OC(C)(C)C. The predicted molar refractivity (Wildman–Crippen MR) is 179 cm³/mol. The second-order valence-corrected chi connectivity index (χ2v) is 14.2. The summed E-state index contributed by atoms with van der Waals surface area (Å²) in [5.41, 5.74) is -5.64. The van der Waals surface area contributed by atoms with E-state index in [9.17, 15) is 32.3 Å². The van der Waals surface area contributed by atoms with E-state index >= 15 is 0 Å². The summed E-state index contributed by atoms with van der Waals surface area (Å²) in [7, 11) is 0. The highest BCUT2D eigenvalue weighted by atomic mass is 35.5. The first-order valence-electron chi connectivity index (χ1n) is 15.6. The number of carbonyl (C=O) groups is 3. The Hall–Kier alpha value is -4.78. The van der Waals surface area contributed by atoms with Crippen molar-refractivity contribution in [3.8, 4) is 5.75 Å². The molecule has 0 spiro atoms. The lowest BCUT2D eigenvalue weighted by molar-refractivity contribution is -0.186. The van der Waals surface area contributed by atoms with Crippen molar-refractivity contribution in [2.24, 2.45) is 5.41 Å². The van der Waals surface area contributed by atoms with Gasteiger partial charge in [0.25, 0.3) is 5.56 Å². The number of ketones is 1. The number of aryl methyl sites for hydroxylation is 1. The second kappa shape index (κ2) is 14.6. The molecule has 0 bridgehead atoms. The van der Waals surface area contributed by atoms with Crippen LogP contribution in [0, 0.1) is 5.41 Å². The van der Waals surface area contributed by atoms with E-state index < -0.39 is 71.0 Å². The van der Waals surface area contributed by atoms with Crippen LogP contribution in [-0.4, -0.2) is 43.9 Å². The number of hydrogen-bond donors (Lipinski definition) is 0. The molecule has 50 heavy (non-hydrogen) atoms. The Balaban J connectivity index is 1.70. The topological polar surface area (TPSA) is 127 Å². The summed E-state index contributed by atoms with van der Waals surface area (Å²) in [5, 5.41) is 7.86. The van der Waals surface area contributed by atoms with E-state index in [0.29, 0.717) is 16.8 Å². The van der Waals surface area contributed by atoms with Crippen LogP contribution in [0.1, 0.15) is 75.9 Å². The minimum absolute atomic E-state index is 0.0834. The van der Waals surface area contributed by atoms with E-state index in [1.54, 1.807) is 71.9 Å². The first kappa shape index (κ1) is 38.0. The molecule has 0 radical (unpaired) electrons. The summed E-state index contributed by atoms with van der Waals surface area (Å²) in [6.07, 6.45) is -5.99. The summed E-state index contributed by atoms with van der Waals surface area (Å²) in [6, 6.07) is 15.6. The molecule has 1 aromatic heterocycles. The second-order valence-electron chi connectivity index (χ2n) is 13.7. The molecular formula is C36H37ClF3N3O7. The molecule has 0 fully saturated rings. The average molecular weight is 716 g/mol. The number of carbonyl (C=O) groups excluding carboxylic acids is 3. The van der Waals surface area contributed by atoms with Crippen molar-refractivity contribution < 1.29 is 41.8 Å². The molecule has 4 rings (SSSR count). The lowest BCUT2D eigenvalue weighted by Gasteiger charge is -2.34. The summed E-state index contributed by atoms with van der Waals surface area (Å²) in [4.78, 5) is 55.2. The summed E-state index contributed by atoms with van der Waals surface area (Å²) < 4.78 is 58.1. The third-order valence-electron chi connectivity index (χ3n) is 7.31. The van der Waals surface area contributed by atoms with Gasteiger partial charge in [-0.15, -0.1) is 5.10 Å². The van der Waals surface area contributed by atoms with Crippen molar-refractivity contribution in [1.29, 1.82) is 0 Å². The molecule has 0 saturated carbocycles. The number of ether oxygens (including phenoxy) is 3. The van der Waals surface area contributed by atoms with Gasteiger partial charge in [-0.25, -0.2) is 4.68 Å². The van der Waals surface area contributed by atoms with Gasteiger partial charge in [0, 0.05) is 23.6 Å². The number of rotatable bonds is 11. The molecule has 1 heterocycles.